The summed E-state index contributed by atoms with van der Waals surface area (Å²) in [6, 6.07) is 15.1. The minimum atomic E-state index is -0.366. The highest BCUT2D eigenvalue weighted by Crippen LogP contribution is 2.31. The van der Waals surface area contributed by atoms with E-state index in [4.69, 9.17) is 15.5 Å². The van der Waals surface area contributed by atoms with Crippen LogP contribution in [-0.4, -0.2) is 52.8 Å². The largest absolute Gasteiger partial charge is 0.399 e. The molecule has 9 nitrogen and oxygen atoms in total. The number of anilines is 3. The van der Waals surface area contributed by atoms with Crippen LogP contribution in [0.3, 0.4) is 0 Å². The monoisotopic (exact) mass is 475 g/mol. The Bertz CT molecular complexity index is 1390. The van der Waals surface area contributed by atoms with Gasteiger partial charge in [0.15, 0.2) is 0 Å². The number of halogens is 1. The Balaban J connectivity index is 1.69. The smallest absolute Gasteiger partial charge is 0.276 e. The third kappa shape index (κ3) is 4.24. The van der Waals surface area contributed by atoms with Crippen molar-refractivity contribution >= 4 is 17.3 Å². The van der Waals surface area contributed by atoms with Crippen LogP contribution in [0.4, 0.5) is 21.7 Å². The summed E-state index contributed by atoms with van der Waals surface area (Å²) in [4.78, 5) is 26.5. The Morgan fingerprint density at radius 1 is 1.03 bits per heavy atom. The Morgan fingerprint density at radius 3 is 2.40 bits per heavy atom. The Labute approximate surface area is 201 Å². The molecule has 0 atom stereocenters. The predicted octanol–water partition coefficient (Wildman–Crippen LogP) is 2.77. The Kier molecular flexibility index (Phi) is 5.96. The van der Waals surface area contributed by atoms with Crippen LogP contribution in [0.15, 0.2) is 65.6 Å². The standard InChI is InChI=1S/C25H26FN7O2/c1-30(20-9-7-19(27)8-10-20)25-28-12-11-21(29-25)23-22(17-3-5-18(26)6-4-17)24(34)31(2)33(23)32-13-15-35-16-14-32/h3-12H,13-16,27H2,1-2H3. The zero-order valence-corrected chi connectivity index (χ0v) is 19.6. The molecule has 0 radical (unpaired) electrons. The number of hydrogen-bond donors (Lipinski definition) is 1. The molecule has 5 rings (SSSR count). The molecule has 0 saturated carbocycles. The second-order valence-electron chi connectivity index (χ2n) is 8.31. The average Bonchev–Trinajstić information content (AvgIpc) is 3.15. The van der Waals surface area contributed by atoms with E-state index in [1.54, 1.807) is 36.1 Å². The molecular weight excluding hydrogens is 449 g/mol. The SMILES string of the molecule is CN(c1ccc(N)cc1)c1nccc(-c2c(-c3ccc(F)cc3)c(=O)n(C)n2N2CCOCC2)n1. The van der Waals surface area contributed by atoms with Gasteiger partial charge in [0.1, 0.15) is 11.5 Å². The number of aromatic nitrogens is 4. The lowest BCUT2D eigenvalue weighted by Crippen LogP contribution is -2.47. The fourth-order valence-electron chi connectivity index (χ4n) is 4.24. The number of ether oxygens (including phenoxy) is 1. The molecule has 0 unspecified atom stereocenters. The molecule has 1 fully saturated rings. The summed E-state index contributed by atoms with van der Waals surface area (Å²) < 4.78 is 20.8. The second-order valence-corrected chi connectivity index (χ2v) is 8.31. The quantitative estimate of drug-likeness (QED) is 0.444. The molecule has 0 bridgehead atoms. The normalized spacial score (nSPS) is 13.7. The Hall–Kier alpha value is -4.18. The van der Waals surface area contributed by atoms with Crippen LogP contribution in [0.1, 0.15) is 0 Å². The highest BCUT2D eigenvalue weighted by atomic mass is 19.1. The molecule has 2 N–H and O–H groups in total. The topological polar surface area (TPSA) is 94.4 Å². The first-order valence-corrected chi connectivity index (χ1v) is 11.3. The van der Waals surface area contributed by atoms with E-state index in [1.165, 1.54) is 12.1 Å². The van der Waals surface area contributed by atoms with Crippen molar-refractivity contribution in [3.05, 3.63) is 77.0 Å². The number of nitrogen functional groups attached to an aromatic ring is 1. The third-order valence-corrected chi connectivity index (χ3v) is 6.08. The maximum atomic E-state index is 13.7. The molecule has 35 heavy (non-hydrogen) atoms. The minimum Gasteiger partial charge on any atom is -0.399 e. The molecule has 0 aliphatic carbocycles. The van der Waals surface area contributed by atoms with Crippen LogP contribution in [0.25, 0.3) is 22.5 Å². The average molecular weight is 476 g/mol. The third-order valence-electron chi connectivity index (χ3n) is 6.08. The summed E-state index contributed by atoms with van der Waals surface area (Å²) in [6.45, 7) is 2.32. The molecule has 1 aliphatic rings. The lowest BCUT2D eigenvalue weighted by atomic mass is 10.0. The van der Waals surface area contributed by atoms with E-state index < -0.39 is 0 Å². The van der Waals surface area contributed by atoms with Crippen molar-refractivity contribution in [2.24, 2.45) is 7.05 Å². The van der Waals surface area contributed by atoms with Gasteiger partial charge in [-0.2, -0.15) is 4.79 Å². The van der Waals surface area contributed by atoms with E-state index in [0.717, 1.165) is 5.69 Å². The van der Waals surface area contributed by atoms with Gasteiger partial charge < -0.3 is 15.4 Å². The van der Waals surface area contributed by atoms with Gasteiger partial charge in [0.05, 0.1) is 37.6 Å². The maximum absolute atomic E-state index is 13.7. The van der Waals surface area contributed by atoms with E-state index in [9.17, 15) is 9.18 Å². The van der Waals surface area contributed by atoms with Crippen molar-refractivity contribution in [2.75, 3.05) is 49.0 Å². The molecule has 4 aromatic rings. The first kappa shape index (κ1) is 22.6. The molecular formula is C25H26FN7O2. The highest BCUT2D eigenvalue weighted by Gasteiger charge is 2.27. The molecule has 1 aliphatic heterocycles. The highest BCUT2D eigenvalue weighted by molar-refractivity contribution is 5.80. The van der Waals surface area contributed by atoms with Gasteiger partial charge in [-0.15, -0.1) is 0 Å². The lowest BCUT2D eigenvalue weighted by molar-refractivity contribution is 0.107. The maximum Gasteiger partial charge on any atom is 0.276 e. The number of nitrogens with two attached hydrogens (primary N) is 1. The van der Waals surface area contributed by atoms with Crippen molar-refractivity contribution in [3.63, 3.8) is 0 Å². The van der Waals surface area contributed by atoms with Gasteiger partial charge in [0.25, 0.3) is 5.56 Å². The van der Waals surface area contributed by atoms with E-state index >= 15 is 0 Å². The molecule has 0 amide bonds. The molecule has 10 heteroatoms. The summed E-state index contributed by atoms with van der Waals surface area (Å²) in [5.41, 5.74) is 9.40. The van der Waals surface area contributed by atoms with Gasteiger partial charge in [-0.05, 0) is 48.0 Å². The molecule has 0 spiro atoms. The number of hydrogen-bond acceptors (Lipinski definition) is 7. The van der Waals surface area contributed by atoms with Crippen LogP contribution >= 0.6 is 0 Å². The van der Waals surface area contributed by atoms with Crippen molar-refractivity contribution in [1.29, 1.82) is 0 Å². The van der Waals surface area contributed by atoms with E-state index in [1.807, 2.05) is 41.0 Å². The van der Waals surface area contributed by atoms with Crippen LogP contribution in [0.5, 0.6) is 0 Å². The van der Waals surface area contributed by atoms with Gasteiger partial charge in [-0.1, -0.05) is 12.1 Å². The van der Waals surface area contributed by atoms with Gasteiger partial charge in [-0.25, -0.2) is 19.0 Å². The van der Waals surface area contributed by atoms with Crippen molar-refractivity contribution < 1.29 is 9.13 Å². The number of morpholine rings is 1. The van der Waals surface area contributed by atoms with Crippen LogP contribution < -0.4 is 21.2 Å². The summed E-state index contributed by atoms with van der Waals surface area (Å²) in [5, 5.41) is 2.05. The van der Waals surface area contributed by atoms with Crippen LogP contribution in [0, 0.1) is 5.82 Å². The van der Waals surface area contributed by atoms with Gasteiger partial charge in [0, 0.05) is 31.7 Å². The van der Waals surface area contributed by atoms with Gasteiger partial charge >= 0.3 is 0 Å². The summed E-state index contributed by atoms with van der Waals surface area (Å²) >= 11 is 0. The zero-order chi connectivity index (χ0) is 24.5. The molecule has 2 aromatic heterocycles. The van der Waals surface area contributed by atoms with Crippen molar-refractivity contribution in [2.45, 2.75) is 0 Å². The van der Waals surface area contributed by atoms with Crippen LogP contribution in [-0.2, 0) is 11.8 Å². The number of benzene rings is 2. The van der Waals surface area contributed by atoms with Crippen LogP contribution in [0.2, 0.25) is 0 Å². The molecule has 2 aromatic carbocycles. The number of rotatable bonds is 5. The summed E-state index contributed by atoms with van der Waals surface area (Å²) in [6.07, 6.45) is 1.67. The van der Waals surface area contributed by atoms with Gasteiger partial charge in [-0.3, -0.25) is 9.80 Å². The fraction of sp³-hybridized carbons (Fsp3) is 0.240. The fourth-order valence-corrected chi connectivity index (χ4v) is 4.24. The number of nitrogens with zero attached hydrogens (tertiary/aromatic N) is 6. The molecule has 3 heterocycles. The van der Waals surface area contributed by atoms with E-state index in [2.05, 4.69) is 9.99 Å². The van der Waals surface area contributed by atoms with E-state index in [-0.39, 0.29) is 11.4 Å². The minimum absolute atomic E-state index is 0.204. The second kappa shape index (κ2) is 9.22. The van der Waals surface area contributed by atoms with E-state index in [0.29, 0.717) is 60.5 Å². The predicted molar refractivity (Wildman–Crippen MR) is 134 cm³/mol. The zero-order valence-electron chi connectivity index (χ0n) is 19.6. The van der Waals surface area contributed by atoms with Crippen molar-refractivity contribution in [3.8, 4) is 22.5 Å². The first-order chi connectivity index (χ1) is 16.9. The first-order valence-electron chi connectivity index (χ1n) is 11.3. The van der Waals surface area contributed by atoms with Crippen molar-refractivity contribution in [1.82, 2.24) is 19.4 Å². The summed E-state index contributed by atoms with van der Waals surface area (Å²) in [5.74, 6) is 0.0938. The Morgan fingerprint density at radius 2 is 1.71 bits per heavy atom. The molecule has 1 saturated heterocycles. The van der Waals surface area contributed by atoms with Gasteiger partial charge in [0.2, 0.25) is 5.95 Å². The lowest BCUT2D eigenvalue weighted by Gasteiger charge is -2.32. The molecule has 180 valence electrons. The summed E-state index contributed by atoms with van der Waals surface area (Å²) in [7, 11) is 3.59.